The van der Waals surface area contributed by atoms with E-state index in [1.807, 2.05) is 6.33 Å². The van der Waals surface area contributed by atoms with Gasteiger partial charge in [0.25, 0.3) is 0 Å². The van der Waals surface area contributed by atoms with E-state index in [1.54, 1.807) is 0 Å². The van der Waals surface area contributed by atoms with E-state index >= 15 is 0 Å². The summed E-state index contributed by atoms with van der Waals surface area (Å²) in [5.41, 5.74) is 8.49. The Bertz CT molecular complexity index is 436. The molecule has 5 nitrogen and oxygen atoms in total. The van der Waals surface area contributed by atoms with Crippen LogP contribution in [0.3, 0.4) is 0 Å². The van der Waals surface area contributed by atoms with E-state index in [4.69, 9.17) is 5.73 Å². The molecular weight excluding hydrogens is 262 g/mol. The van der Waals surface area contributed by atoms with Gasteiger partial charge in [-0.2, -0.15) is 0 Å². The largest absolute Gasteiger partial charge is 0.336 e. The molecule has 1 saturated carbocycles. The lowest BCUT2D eigenvalue weighted by molar-refractivity contribution is 0.0700. The summed E-state index contributed by atoms with van der Waals surface area (Å²) in [5, 5.41) is 0. The average molecular weight is 291 g/mol. The van der Waals surface area contributed by atoms with Crippen LogP contribution in [0.25, 0.3) is 0 Å². The predicted molar refractivity (Wildman–Crippen MR) is 85.1 cm³/mol. The second kappa shape index (κ2) is 6.46. The maximum Gasteiger partial charge on any atom is 0.0949 e. The van der Waals surface area contributed by atoms with Gasteiger partial charge in [-0.25, -0.2) is 4.98 Å². The SMILES string of the molecule is Cc1ncn(C)c1C(CN)N1CCN(C2CCCC2)CC1. The topological polar surface area (TPSA) is 50.3 Å². The first-order valence-electron chi connectivity index (χ1n) is 8.36. The summed E-state index contributed by atoms with van der Waals surface area (Å²) >= 11 is 0. The Hall–Kier alpha value is -0.910. The molecule has 1 saturated heterocycles. The maximum atomic E-state index is 6.09. The fraction of sp³-hybridized carbons (Fsp3) is 0.812. The third-order valence-corrected chi connectivity index (χ3v) is 5.34. The van der Waals surface area contributed by atoms with E-state index in [0.717, 1.165) is 24.8 Å². The minimum absolute atomic E-state index is 0.309. The van der Waals surface area contributed by atoms with Crippen molar-refractivity contribution in [2.45, 2.75) is 44.7 Å². The normalized spacial score (nSPS) is 23.8. The smallest absolute Gasteiger partial charge is 0.0949 e. The van der Waals surface area contributed by atoms with Gasteiger partial charge in [-0.05, 0) is 19.8 Å². The second-order valence-electron chi connectivity index (χ2n) is 6.59. The molecule has 0 amide bonds. The summed E-state index contributed by atoms with van der Waals surface area (Å²) in [6, 6.07) is 1.16. The highest BCUT2D eigenvalue weighted by Crippen LogP contribution is 2.27. The second-order valence-corrected chi connectivity index (χ2v) is 6.59. The zero-order valence-corrected chi connectivity index (χ0v) is 13.5. The lowest BCUT2D eigenvalue weighted by Gasteiger charge is -2.41. The van der Waals surface area contributed by atoms with Crippen LogP contribution in [-0.4, -0.2) is 58.1 Å². The van der Waals surface area contributed by atoms with Crippen molar-refractivity contribution < 1.29 is 0 Å². The van der Waals surface area contributed by atoms with E-state index in [2.05, 4.69) is 33.3 Å². The first-order chi connectivity index (χ1) is 10.2. The van der Waals surface area contributed by atoms with Gasteiger partial charge in [-0.1, -0.05) is 12.8 Å². The van der Waals surface area contributed by atoms with Crippen molar-refractivity contribution in [1.82, 2.24) is 19.4 Å². The van der Waals surface area contributed by atoms with Crippen molar-refractivity contribution >= 4 is 0 Å². The van der Waals surface area contributed by atoms with Gasteiger partial charge in [-0.15, -0.1) is 0 Å². The van der Waals surface area contributed by atoms with Crippen LogP contribution in [0.5, 0.6) is 0 Å². The van der Waals surface area contributed by atoms with Crippen molar-refractivity contribution in [2.75, 3.05) is 32.7 Å². The van der Waals surface area contributed by atoms with Gasteiger partial charge >= 0.3 is 0 Å². The van der Waals surface area contributed by atoms with Crippen LogP contribution < -0.4 is 5.73 Å². The molecule has 5 heteroatoms. The van der Waals surface area contributed by atoms with Crippen LogP contribution in [-0.2, 0) is 7.05 Å². The first-order valence-corrected chi connectivity index (χ1v) is 8.36. The Morgan fingerprint density at radius 2 is 1.90 bits per heavy atom. The molecule has 1 aliphatic carbocycles. The summed E-state index contributed by atoms with van der Waals surface area (Å²) in [6.45, 7) is 7.40. The lowest BCUT2D eigenvalue weighted by Crippen LogP contribution is -2.51. The van der Waals surface area contributed by atoms with Crippen LogP contribution >= 0.6 is 0 Å². The van der Waals surface area contributed by atoms with Crippen molar-refractivity contribution in [3.63, 3.8) is 0 Å². The molecule has 118 valence electrons. The molecule has 1 atom stereocenters. The number of nitrogens with two attached hydrogens (primary N) is 1. The number of hydrogen-bond donors (Lipinski definition) is 1. The number of aromatic nitrogens is 2. The summed E-state index contributed by atoms with van der Waals surface area (Å²) in [4.78, 5) is 9.68. The van der Waals surface area contributed by atoms with Crippen LogP contribution in [0.2, 0.25) is 0 Å². The van der Waals surface area contributed by atoms with Gasteiger partial charge in [0.05, 0.1) is 23.8 Å². The Morgan fingerprint density at radius 3 is 2.43 bits per heavy atom. The van der Waals surface area contributed by atoms with Gasteiger partial charge < -0.3 is 10.3 Å². The molecule has 1 unspecified atom stereocenters. The van der Waals surface area contributed by atoms with E-state index < -0.39 is 0 Å². The van der Waals surface area contributed by atoms with Crippen LogP contribution in [0.15, 0.2) is 6.33 Å². The van der Waals surface area contributed by atoms with Crippen LogP contribution in [0.4, 0.5) is 0 Å². The molecule has 0 spiro atoms. The quantitative estimate of drug-likeness (QED) is 0.908. The Kier molecular flexibility index (Phi) is 4.62. The van der Waals surface area contributed by atoms with E-state index in [0.29, 0.717) is 12.6 Å². The minimum atomic E-state index is 0.309. The molecule has 1 aromatic rings. The number of hydrogen-bond acceptors (Lipinski definition) is 4. The summed E-state index contributed by atoms with van der Waals surface area (Å²) in [7, 11) is 2.08. The molecule has 0 aromatic carbocycles. The van der Waals surface area contributed by atoms with Gasteiger partial charge in [0.15, 0.2) is 0 Å². The van der Waals surface area contributed by atoms with Gasteiger partial charge in [0.2, 0.25) is 0 Å². The molecule has 0 radical (unpaired) electrons. The minimum Gasteiger partial charge on any atom is -0.336 e. The maximum absolute atomic E-state index is 6.09. The third-order valence-electron chi connectivity index (χ3n) is 5.34. The number of imidazole rings is 1. The van der Waals surface area contributed by atoms with E-state index in [1.165, 1.54) is 44.5 Å². The highest BCUT2D eigenvalue weighted by molar-refractivity contribution is 5.16. The van der Waals surface area contributed by atoms with Crippen molar-refractivity contribution in [1.29, 1.82) is 0 Å². The zero-order chi connectivity index (χ0) is 14.8. The molecule has 2 heterocycles. The number of nitrogens with zero attached hydrogens (tertiary/aromatic N) is 4. The van der Waals surface area contributed by atoms with Crippen molar-refractivity contribution in [3.05, 3.63) is 17.7 Å². The standard InChI is InChI=1S/C16H29N5/c1-13-16(19(2)12-18-13)15(11-17)21-9-7-20(8-10-21)14-5-3-4-6-14/h12,14-15H,3-11,17H2,1-2H3. The van der Waals surface area contributed by atoms with Crippen LogP contribution in [0.1, 0.15) is 43.1 Å². The summed E-state index contributed by atoms with van der Waals surface area (Å²) in [5.74, 6) is 0. The fourth-order valence-corrected chi connectivity index (χ4v) is 4.15. The van der Waals surface area contributed by atoms with Crippen molar-refractivity contribution in [3.8, 4) is 0 Å². The number of rotatable bonds is 4. The molecule has 21 heavy (non-hydrogen) atoms. The summed E-state index contributed by atoms with van der Waals surface area (Å²) < 4.78 is 2.14. The average Bonchev–Trinajstić information content (AvgIpc) is 3.14. The fourth-order valence-electron chi connectivity index (χ4n) is 4.15. The molecule has 0 bridgehead atoms. The zero-order valence-electron chi connectivity index (χ0n) is 13.5. The van der Waals surface area contributed by atoms with Crippen molar-refractivity contribution in [2.24, 2.45) is 12.8 Å². The Labute approximate surface area is 128 Å². The third kappa shape index (κ3) is 3.00. The molecule has 2 fully saturated rings. The molecule has 1 aromatic heterocycles. The number of piperazine rings is 1. The van der Waals surface area contributed by atoms with Gasteiger partial charge in [0, 0.05) is 45.8 Å². The molecule has 1 aliphatic heterocycles. The summed E-state index contributed by atoms with van der Waals surface area (Å²) in [6.07, 6.45) is 7.56. The Balaban J connectivity index is 1.64. The lowest BCUT2D eigenvalue weighted by atomic mass is 10.1. The van der Waals surface area contributed by atoms with E-state index in [9.17, 15) is 0 Å². The monoisotopic (exact) mass is 291 g/mol. The highest BCUT2D eigenvalue weighted by Gasteiger charge is 2.30. The number of aryl methyl sites for hydroxylation is 2. The Morgan fingerprint density at radius 1 is 1.24 bits per heavy atom. The first kappa shape index (κ1) is 15.0. The van der Waals surface area contributed by atoms with Gasteiger partial charge in [-0.3, -0.25) is 9.80 Å². The van der Waals surface area contributed by atoms with E-state index in [-0.39, 0.29) is 0 Å². The molecule has 2 N–H and O–H groups in total. The molecule has 3 rings (SSSR count). The predicted octanol–water partition coefficient (Wildman–Crippen LogP) is 1.29. The highest BCUT2D eigenvalue weighted by atomic mass is 15.3. The molecular formula is C16H29N5. The molecule has 2 aliphatic rings. The van der Waals surface area contributed by atoms with Crippen LogP contribution in [0, 0.1) is 6.92 Å². The van der Waals surface area contributed by atoms with Gasteiger partial charge in [0.1, 0.15) is 0 Å².